The van der Waals surface area contributed by atoms with Crippen molar-refractivity contribution >= 4 is 0 Å². The van der Waals surface area contributed by atoms with Gasteiger partial charge in [-0.2, -0.15) is 65.9 Å². The second kappa shape index (κ2) is 6.81. The fraction of sp³-hybridized carbons (Fsp3) is 0.667. The van der Waals surface area contributed by atoms with Gasteiger partial charge in [-0.1, -0.05) is 0 Å². The smallest absolute Gasteiger partial charge is 0.311 e. The summed E-state index contributed by atoms with van der Waals surface area (Å²) in [7, 11) is 0. The predicted octanol–water partition coefficient (Wildman–Crippen LogP) is 4.20. The summed E-state index contributed by atoms with van der Waals surface area (Å²) in [6, 6.07) is 0. The molecule has 0 aromatic carbocycles. The number of hydrogen-bond acceptors (Lipinski definition) is 2. The van der Waals surface area contributed by atoms with Crippen LogP contribution >= 0.6 is 0 Å². The summed E-state index contributed by atoms with van der Waals surface area (Å²) in [4.78, 5) is 24.1. The van der Waals surface area contributed by atoms with Crippen molar-refractivity contribution in [3.63, 3.8) is 0 Å². The molecule has 1 rings (SSSR count). The molecule has 0 atom stereocenters. The third-order valence-corrected chi connectivity index (χ3v) is 3.77. The van der Waals surface area contributed by atoms with Gasteiger partial charge in [0.25, 0.3) is 5.56 Å². The molecule has 31 heavy (non-hydrogen) atoms. The third kappa shape index (κ3) is 3.35. The van der Waals surface area contributed by atoms with E-state index in [4.69, 9.17) is 0 Å². The van der Waals surface area contributed by atoms with Gasteiger partial charge in [0.05, 0.1) is 0 Å². The number of hydrogen-bond donors (Lipinski definition) is 2. The maximum Gasteiger partial charge on any atom is 0.460 e. The van der Waals surface area contributed by atoms with E-state index in [2.05, 4.69) is 0 Å². The molecular weight excluding hydrogens is 489 g/mol. The Morgan fingerprint density at radius 1 is 0.548 bits per heavy atom. The van der Waals surface area contributed by atoms with Crippen LogP contribution in [0.5, 0.6) is 0 Å². The van der Waals surface area contributed by atoms with Crippen LogP contribution in [0.15, 0.2) is 9.59 Å². The second-order valence-electron chi connectivity index (χ2n) is 5.85. The van der Waals surface area contributed by atoms with Crippen molar-refractivity contribution in [2.24, 2.45) is 0 Å². The van der Waals surface area contributed by atoms with Crippen LogP contribution in [-0.4, -0.2) is 45.8 Å². The molecule has 19 heteroatoms. The highest BCUT2D eigenvalue weighted by atomic mass is 19.4. The number of aromatic amines is 2. The number of halogens is 15. The summed E-state index contributed by atoms with van der Waals surface area (Å²) < 4.78 is 197. The van der Waals surface area contributed by atoms with E-state index in [0.717, 1.165) is 9.97 Å². The van der Waals surface area contributed by atoms with E-state index >= 15 is 0 Å². The zero-order valence-corrected chi connectivity index (χ0v) is 14.0. The van der Waals surface area contributed by atoms with Gasteiger partial charge in [-0.3, -0.25) is 9.78 Å². The molecule has 0 aliphatic heterocycles. The van der Waals surface area contributed by atoms with Crippen LogP contribution in [-0.2, 0) is 5.92 Å². The van der Waals surface area contributed by atoms with Crippen LogP contribution < -0.4 is 11.2 Å². The van der Waals surface area contributed by atoms with E-state index in [1.807, 2.05) is 0 Å². The topological polar surface area (TPSA) is 65.7 Å². The summed E-state index contributed by atoms with van der Waals surface area (Å²) in [5.74, 6) is -48.1. The van der Waals surface area contributed by atoms with E-state index < -0.39 is 64.2 Å². The minimum atomic E-state index is -8.46. The maximum absolute atomic E-state index is 14.0. The maximum atomic E-state index is 14.0. The second-order valence-corrected chi connectivity index (χ2v) is 5.85. The number of alkyl halides is 15. The van der Waals surface area contributed by atoms with Gasteiger partial charge in [0.15, 0.2) is 0 Å². The molecule has 0 unspecified atom stereocenters. The SMILES string of the molecule is Cc1[nH]c(=O)[nH]c(=O)c1C(F)(F)C(F)(F)C(F)(F)C(F)(F)C(F)(F)C(F)(F)C(F)(F)F. The van der Waals surface area contributed by atoms with Crippen molar-refractivity contribution in [1.29, 1.82) is 0 Å². The van der Waals surface area contributed by atoms with Gasteiger partial charge in [-0.05, 0) is 6.92 Å². The fourth-order valence-electron chi connectivity index (χ4n) is 2.10. The first-order valence-electron chi connectivity index (χ1n) is 6.99. The molecule has 0 radical (unpaired) electrons. The van der Waals surface area contributed by atoms with Gasteiger partial charge in [0.1, 0.15) is 5.56 Å². The van der Waals surface area contributed by atoms with E-state index in [-0.39, 0.29) is 6.92 Å². The Morgan fingerprint density at radius 2 is 0.903 bits per heavy atom. The van der Waals surface area contributed by atoms with Gasteiger partial charge in [0, 0.05) is 5.69 Å². The van der Waals surface area contributed by atoms with E-state index in [9.17, 15) is 75.4 Å². The molecule has 180 valence electrons. The molecule has 0 fully saturated rings. The van der Waals surface area contributed by atoms with Gasteiger partial charge < -0.3 is 4.98 Å². The van der Waals surface area contributed by atoms with Gasteiger partial charge in [0.2, 0.25) is 0 Å². The van der Waals surface area contributed by atoms with Crippen LogP contribution in [0.4, 0.5) is 65.9 Å². The van der Waals surface area contributed by atoms with Crippen molar-refractivity contribution in [2.45, 2.75) is 48.6 Å². The van der Waals surface area contributed by atoms with Crippen LogP contribution in [0.1, 0.15) is 11.3 Å². The molecule has 0 saturated carbocycles. The number of aryl methyl sites for hydroxylation is 1. The highest BCUT2D eigenvalue weighted by Gasteiger charge is 2.93. The average Bonchev–Trinajstić information content (AvgIpc) is 2.51. The number of H-pyrrole nitrogens is 2. The quantitative estimate of drug-likeness (QED) is 0.583. The summed E-state index contributed by atoms with van der Waals surface area (Å²) in [5.41, 5.74) is -8.89. The molecule has 1 heterocycles. The molecular formula is C12H5F15N2O2. The van der Waals surface area contributed by atoms with Crippen LogP contribution in [0.3, 0.4) is 0 Å². The zero-order valence-electron chi connectivity index (χ0n) is 14.0. The van der Waals surface area contributed by atoms with Crippen LogP contribution in [0.2, 0.25) is 0 Å². The van der Waals surface area contributed by atoms with E-state index in [1.54, 1.807) is 0 Å². The Kier molecular flexibility index (Phi) is 5.86. The first-order valence-corrected chi connectivity index (χ1v) is 6.99. The molecule has 2 N–H and O–H groups in total. The Bertz CT molecular complexity index is 956. The van der Waals surface area contributed by atoms with Crippen molar-refractivity contribution in [3.05, 3.63) is 32.1 Å². The van der Waals surface area contributed by atoms with Crippen molar-refractivity contribution in [3.8, 4) is 0 Å². The number of rotatable bonds is 6. The molecule has 0 aliphatic carbocycles. The summed E-state index contributed by atoms with van der Waals surface area (Å²) in [5, 5.41) is 0. The number of aromatic nitrogens is 2. The predicted molar refractivity (Wildman–Crippen MR) is 67.1 cm³/mol. The van der Waals surface area contributed by atoms with E-state index in [1.165, 1.54) is 0 Å². The molecule has 4 nitrogen and oxygen atoms in total. The first kappa shape index (κ1) is 26.7. The van der Waals surface area contributed by atoms with Crippen molar-refractivity contribution < 1.29 is 65.9 Å². The Labute approximate surface area is 158 Å². The minimum absolute atomic E-state index is 0.165. The van der Waals surface area contributed by atoms with Gasteiger partial charge in [-0.15, -0.1) is 0 Å². The lowest BCUT2D eigenvalue weighted by atomic mass is 9.88. The Hall–Kier alpha value is -2.37. The van der Waals surface area contributed by atoms with Crippen molar-refractivity contribution in [1.82, 2.24) is 9.97 Å². The van der Waals surface area contributed by atoms with Crippen LogP contribution in [0, 0.1) is 6.92 Å². The molecule has 1 aromatic heterocycles. The molecule has 1 aromatic rings. The molecule has 0 amide bonds. The number of nitrogens with one attached hydrogen (secondary N) is 2. The molecule has 0 bridgehead atoms. The van der Waals surface area contributed by atoms with Crippen molar-refractivity contribution in [2.75, 3.05) is 0 Å². The first-order chi connectivity index (χ1) is 13.3. The summed E-state index contributed by atoms with van der Waals surface area (Å²) >= 11 is 0. The Balaban J connectivity index is 3.82. The average molecular weight is 494 g/mol. The molecule has 0 aliphatic rings. The monoisotopic (exact) mass is 494 g/mol. The Morgan fingerprint density at radius 3 is 1.26 bits per heavy atom. The van der Waals surface area contributed by atoms with Gasteiger partial charge >= 0.3 is 47.4 Å². The van der Waals surface area contributed by atoms with Crippen LogP contribution in [0.25, 0.3) is 0 Å². The van der Waals surface area contributed by atoms with Gasteiger partial charge in [-0.25, -0.2) is 4.79 Å². The summed E-state index contributed by atoms with van der Waals surface area (Å²) in [6.07, 6.45) is -7.71. The normalized spacial score (nSPS) is 15.4. The molecule has 0 spiro atoms. The lowest BCUT2D eigenvalue weighted by Gasteiger charge is -2.41. The summed E-state index contributed by atoms with van der Waals surface area (Å²) in [6.45, 7) is 0.165. The fourth-order valence-corrected chi connectivity index (χ4v) is 2.10. The standard InChI is InChI=1S/C12H5F15N2O2/c1-2-3(4(30)29-5(31)28-2)6(13,14)7(15,16)8(17,18)9(19,20)10(21,22)11(23,24)12(25,26)27/h1H3,(H2,28,29,30,31). The lowest BCUT2D eigenvalue weighted by Crippen LogP contribution is -2.72. The zero-order chi connectivity index (χ0) is 25.2. The molecule has 0 saturated heterocycles. The highest BCUT2D eigenvalue weighted by Crippen LogP contribution is 2.63. The lowest BCUT2D eigenvalue weighted by molar-refractivity contribution is -0.453. The largest absolute Gasteiger partial charge is 0.460 e. The van der Waals surface area contributed by atoms with E-state index in [0.29, 0.717) is 0 Å². The third-order valence-electron chi connectivity index (χ3n) is 3.77. The minimum Gasteiger partial charge on any atom is -0.311 e. The highest BCUT2D eigenvalue weighted by molar-refractivity contribution is 5.26.